The highest BCUT2D eigenvalue weighted by Gasteiger charge is 2.72. The second-order valence-corrected chi connectivity index (χ2v) is 21.5. The summed E-state index contributed by atoms with van der Waals surface area (Å²) in [6, 6.07) is 0. The van der Waals surface area contributed by atoms with Crippen molar-refractivity contribution in [2.45, 2.75) is 209 Å². The Kier molecular flexibility index (Phi) is 14.6. The molecule has 28 atom stereocenters. The molecule has 1 unspecified atom stereocenters. The summed E-state index contributed by atoms with van der Waals surface area (Å²) in [6.45, 7) is 8.78. The van der Waals surface area contributed by atoms with Gasteiger partial charge in [-0.05, 0) is 93.3 Å². The van der Waals surface area contributed by atoms with Gasteiger partial charge >= 0.3 is 0 Å². The zero-order valence-corrected chi connectivity index (χ0v) is 37.6. The van der Waals surface area contributed by atoms with Crippen molar-refractivity contribution in [2.24, 2.45) is 52.3 Å². The number of aliphatic hydroxyl groups is 12. The Labute approximate surface area is 374 Å². The standard InChI is InChI=1S/C45H76O19/c1-18(17-58-40-36(54)34(52)31(49)20(3)59-40)8-11-45(57)19(2)30-26(64-45)13-25-23-7-6-21-12-22(48)9-10-43(21,4)24(23)14-29(44(25,30)5)62-42-38(56)39(33(51)28(16-47)61-42)63-41-37(55)35(53)32(50)27(15-46)60-41/h18-42,46-57H,6-17H2,1-5H3/t18-,19-,20-,21+,22-,23+,24-,25-,26-,27+,28+,29?,30-,31-,32+,33-,34+,35-,36+,37+,38+,39-,40+,41-,42-,43-,44+,45+/m0/s1. The molecule has 4 heterocycles. The van der Waals surface area contributed by atoms with Gasteiger partial charge < -0.3 is 94.4 Å². The first kappa shape index (κ1) is 49.7. The third-order valence-corrected chi connectivity index (χ3v) is 18.0. The number of rotatable bonds is 12. The molecule has 0 amide bonds. The first-order valence-electron chi connectivity index (χ1n) is 23.8. The Morgan fingerprint density at radius 2 is 1.31 bits per heavy atom. The fraction of sp³-hybridized carbons (Fsp3) is 1.00. The van der Waals surface area contributed by atoms with Crippen LogP contribution in [0.2, 0.25) is 0 Å². The van der Waals surface area contributed by atoms with Gasteiger partial charge in [-0.2, -0.15) is 0 Å². The summed E-state index contributed by atoms with van der Waals surface area (Å²) in [6.07, 6.45) is -17.0. The van der Waals surface area contributed by atoms with E-state index in [1.807, 2.05) is 13.8 Å². The van der Waals surface area contributed by atoms with Crippen LogP contribution >= 0.6 is 0 Å². The van der Waals surface area contributed by atoms with Crippen molar-refractivity contribution in [3.8, 4) is 0 Å². The molecule has 4 saturated carbocycles. The van der Waals surface area contributed by atoms with Gasteiger partial charge in [0.1, 0.15) is 67.1 Å². The Balaban J connectivity index is 1.03. The lowest BCUT2D eigenvalue weighted by molar-refractivity contribution is -0.370. The predicted molar refractivity (Wildman–Crippen MR) is 219 cm³/mol. The minimum atomic E-state index is -1.82. The van der Waals surface area contributed by atoms with Crippen molar-refractivity contribution in [3.63, 3.8) is 0 Å². The van der Waals surface area contributed by atoms with E-state index in [4.69, 9.17) is 33.2 Å². The van der Waals surface area contributed by atoms with E-state index in [0.29, 0.717) is 37.5 Å². The second-order valence-electron chi connectivity index (χ2n) is 21.5. The van der Waals surface area contributed by atoms with E-state index >= 15 is 0 Å². The first-order valence-corrected chi connectivity index (χ1v) is 23.8. The molecular formula is C45H76O19. The summed E-state index contributed by atoms with van der Waals surface area (Å²) in [7, 11) is 0. The first-order chi connectivity index (χ1) is 30.2. The monoisotopic (exact) mass is 920 g/mol. The molecular weight excluding hydrogens is 844 g/mol. The lowest BCUT2D eigenvalue weighted by atomic mass is 9.43. The molecule has 19 heteroatoms. The molecule has 8 aliphatic rings. The third-order valence-electron chi connectivity index (χ3n) is 18.0. The molecule has 4 saturated heterocycles. The summed E-state index contributed by atoms with van der Waals surface area (Å²) in [5.41, 5.74) is -0.743. The van der Waals surface area contributed by atoms with Crippen molar-refractivity contribution in [1.29, 1.82) is 0 Å². The summed E-state index contributed by atoms with van der Waals surface area (Å²) < 4.78 is 42.9. The van der Waals surface area contributed by atoms with Crippen LogP contribution in [0.25, 0.3) is 0 Å². The minimum absolute atomic E-state index is 0.0782. The quantitative estimate of drug-likeness (QED) is 0.0964. The Morgan fingerprint density at radius 3 is 2.00 bits per heavy atom. The third kappa shape index (κ3) is 8.44. The molecule has 0 spiro atoms. The predicted octanol–water partition coefficient (Wildman–Crippen LogP) is -1.78. The molecule has 0 aromatic rings. The molecule has 8 fully saturated rings. The number of hydrogen-bond acceptors (Lipinski definition) is 19. The molecule has 8 rings (SSSR count). The fourth-order valence-corrected chi connectivity index (χ4v) is 14.1. The van der Waals surface area contributed by atoms with Crippen LogP contribution < -0.4 is 0 Å². The van der Waals surface area contributed by atoms with Crippen molar-refractivity contribution in [2.75, 3.05) is 19.8 Å². The van der Waals surface area contributed by atoms with Gasteiger partial charge in [-0.15, -0.1) is 0 Å². The highest BCUT2D eigenvalue weighted by molar-refractivity contribution is 5.18. The van der Waals surface area contributed by atoms with Crippen molar-refractivity contribution >= 4 is 0 Å². The molecule has 4 aliphatic carbocycles. The SMILES string of the molecule is C[C@@H](CC[C@@]1(O)O[C@H]2C[C@H]3[C@@H]4CC[C@@H]5C[C@@H](O)CC[C@]5(C)[C@H]4CC(O[C@@H]4O[C@H](CO)[C@H](O)[C@H](O[C@@H]5O[C@H](CO)[C@@H](O)[C@H](O)[C@H]5O)[C@H]4O)[C@]3(C)[C@H]2[C@@H]1C)CO[C@@H]1O[C@@H](C)[C@H](O)[C@@H](O)[C@H]1O. The largest absolute Gasteiger partial charge is 0.394 e. The van der Waals surface area contributed by atoms with E-state index in [1.165, 1.54) is 0 Å². The fourth-order valence-electron chi connectivity index (χ4n) is 14.1. The van der Waals surface area contributed by atoms with Crippen LogP contribution in [-0.2, 0) is 33.2 Å². The lowest BCUT2D eigenvalue weighted by Crippen LogP contribution is -2.66. The van der Waals surface area contributed by atoms with Gasteiger partial charge in [0, 0.05) is 23.7 Å². The number of aliphatic hydroxyl groups excluding tert-OH is 11. The molecule has 64 heavy (non-hydrogen) atoms. The number of hydrogen-bond donors (Lipinski definition) is 12. The van der Waals surface area contributed by atoms with Crippen molar-refractivity contribution in [1.82, 2.24) is 0 Å². The highest BCUT2D eigenvalue weighted by atomic mass is 16.7. The van der Waals surface area contributed by atoms with E-state index < -0.39 is 123 Å². The maximum atomic E-state index is 12.4. The smallest absolute Gasteiger partial charge is 0.187 e. The number of fused-ring (bicyclic) bond motifs is 7. The van der Waals surface area contributed by atoms with E-state index in [9.17, 15) is 61.3 Å². The lowest BCUT2D eigenvalue weighted by Gasteiger charge is -2.63. The van der Waals surface area contributed by atoms with Crippen LogP contribution in [0.1, 0.15) is 92.4 Å². The molecule has 19 nitrogen and oxygen atoms in total. The van der Waals surface area contributed by atoms with Crippen LogP contribution in [0.15, 0.2) is 0 Å². The summed E-state index contributed by atoms with van der Waals surface area (Å²) in [5, 5.41) is 129. The zero-order chi connectivity index (χ0) is 46.4. The van der Waals surface area contributed by atoms with E-state index in [1.54, 1.807) is 6.92 Å². The highest BCUT2D eigenvalue weighted by Crippen LogP contribution is 2.71. The minimum Gasteiger partial charge on any atom is -0.394 e. The van der Waals surface area contributed by atoms with Gasteiger partial charge in [0.25, 0.3) is 0 Å². The van der Waals surface area contributed by atoms with E-state index in [0.717, 1.165) is 25.7 Å². The summed E-state index contributed by atoms with van der Waals surface area (Å²) >= 11 is 0. The molecule has 0 radical (unpaired) electrons. The Morgan fingerprint density at radius 1 is 0.672 bits per heavy atom. The summed E-state index contributed by atoms with van der Waals surface area (Å²) in [5.74, 6) is -1.37. The van der Waals surface area contributed by atoms with Gasteiger partial charge in [-0.1, -0.05) is 27.7 Å². The second kappa shape index (κ2) is 18.9. The van der Waals surface area contributed by atoms with Gasteiger partial charge in [0.05, 0.1) is 44.2 Å². The molecule has 370 valence electrons. The van der Waals surface area contributed by atoms with Gasteiger partial charge in [-0.25, -0.2) is 0 Å². The molecule has 12 N–H and O–H groups in total. The Bertz CT molecular complexity index is 1580. The van der Waals surface area contributed by atoms with Crippen LogP contribution in [-0.4, -0.2) is 197 Å². The van der Waals surface area contributed by atoms with Crippen LogP contribution in [0, 0.1) is 52.3 Å². The molecule has 0 aromatic heterocycles. The van der Waals surface area contributed by atoms with Crippen LogP contribution in [0.5, 0.6) is 0 Å². The van der Waals surface area contributed by atoms with Gasteiger partial charge in [0.15, 0.2) is 24.7 Å². The molecule has 0 bridgehead atoms. The number of ether oxygens (including phenoxy) is 7. The Hall–Kier alpha value is -0.760. The van der Waals surface area contributed by atoms with Crippen LogP contribution in [0.3, 0.4) is 0 Å². The van der Waals surface area contributed by atoms with Gasteiger partial charge in [-0.3, -0.25) is 0 Å². The maximum absolute atomic E-state index is 12.4. The molecule has 0 aromatic carbocycles. The average Bonchev–Trinajstić information content (AvgIpc) is 3.71. The molecule has 4 aliphatic heterocycles. The topological polar surface area (TPSA) is 307 Å². The average molecular weight is 921 g/mol. The maximum Gasteiger partial charge on any atom is 0.187 e. The van der Waals surface area contributed by atoms with Crippen molar-refractivity contribution < 1.29 is 94.4 Å². The normalized spacial score (nSPS) is 56.8. The van der Waals surface area contributed by atoms with Gasteiger partial charge in [0.2, 0.25) is 0 Å². The van der Waals surface area contributed by atoms with E-state index in [-0.39, 0.29) is 60.2 Å². The summed E-state index contributed by atoms with van der Waals surface area (Å²) in [4.78, 5) is 0. The zero-order valence-electron chi connectivity index (χ0n) is 37.6. The van der Waals surface area contributed by atoms with E-state index in [2.05, 4.69) is 13.8 Å². The van der Waals surface area contributed by atoms with Crippen LogP contribution in [0.4, 0.5) is 0 Å². The van der Waals surface area contributed by atoms with Crippen molar-refractivity contribution in [3.05, 3.63) is 0 Å².